The zero-order chi connectivity index (χ0) is 11.6. The van der Waals surface area contributed by atoms with Gasteiger partial charge in [-0.1, -0.05) is 26.7 Å². The first-order valence-electron chi connectivity index (χ1n) is 6.90. The first kappa shape index (κ1) is 12.8. The van der Waals surface area contributed by atoms with Crippen LogP contribution >= 0.6 is 11.8 Å². The van der Waals surface area contributed by atoms with Gasteiger partial charge in [-0.15, -0.1) is 0 Å². The number of rotatable bonds is 3. The number of hydrogen-bond donors (Lipinski definition) is 1. The van der Waals surface area contributed by atoms with Crippen LogP contribution in [0.5, 0.6) is 0 Å². The van der Waals surface area contributed by atoms with E-state index < -0.39 is 0 Å². The van der Waals surface area contributed by atoms with Crippen molar-refractivity contribution >= 4 is 11.8 Å². The van der Waals surface area contributed by atoms with Gasteiger partial charge in [0.25, 0.3) is 0 Å². The largest absolute Gasteiger partial charge is 0.311 e. The maximum atomic E-state index is 3.96. The first-order chi connectivity index (χ1) is 7.62. The van der Waals surface area contributed by atoms with Crippen LogP contribution in [0, 0.1) is 5.41 Å². The molecule has 2 aliphatic carbocycles. The van der Waals surface area contributed by atoms with Crippen molar-refractivity contribution in [3.63, 3.8) is 0 Å². The number of nitrogens with one attached hydrogen (secondary N) is 1. The van der Waals surface area contributed by atoms with Crippen molar-refractivity contribution in [1.82, 2.24) is 5.32 Å². The predicted molar refractivity (Wildman–Crippen MR) is 74.1 cm³/mol. The predicted octanol–water partition coefficient (Wildman–Crippen LogP) is 3.83. The second-order valence-electron chi connectivity index (χ2n) is 6.32. The van der Waals surface area contributed by atoms with E-state index in [0.29, 0.717) is 5.41 Å². The van der Waals surface area contributed by atoms with Gasteiger partial charge in [0.15, 0.2) is 0 Å². The van der Waals surface area contributed by atoms with Crippen LogP contribution in [0.1, 0.15) is 58.8 Å². The summed E-state index contributed by atoms with van der Waals surface area (Å²) in [6.45, 7) is 4.87. The fourth-order valence-electron chi connectivity index (χ4n) is 3.43. The molecule has 0 heterocycles. The van der Waals surface area contributed by atoms with Crippen LogP contribution in [0.3, 0.4) is 0 Å². The first-order valence-corrected chi connectivity index (χ1v) is 8.19. The zero-order valence-corrected chi connectivity index (χ0v) is 11.9. The summed E-state index contributed by atoms with van der Waals surface area (Å²) >= 11 is 2.07. The van der Waals surface area contributed by atoms with Crippen molar-refractivity contribution in [2.45, 2.75) is 76.1 Å². The van der Waals surface area contributed by atoms with Gasteiger partial charge in [0, 0.05) is 17.3 Å². The molecular weight excluding hydrogens is 214 g/mol. The summed E-state index contributed by atoms with van der Waals surface area (Å²) in [5.74, 6) is 0. The third kappa shape index (κ3) is 2.95. The fourth-order valence-corrected chi connectivity index (χ4v) is 4.26. The minimum absolute atomic E-state index is 0.534. The summed E-state index contributed by atoms with van der Waals surface area (Å²) < 4.78 is 0. The van der Waals surface area contributed by atoms with E-state index in [1.807, 2.05) is 0 Å². The molecule has 0 saturated heterocycles. The van der Waals surface area contributed by atoms with E-state index in [-0.39, 0.29) is 0 Å². The molecule has 0 spiro atoms. The molecule has 1 N–H and O–H groups in total. The van der Waals surface area contributed by atoms with Crippen molar-refractivity contribution in [2.75, 3.05) is 6.26 Å². The Kier molecular flexibility index (Phi) is 4.23. The van der Waals surface area contributed by atoms with E-state index in [0.717, 1.165) is 17.3 Å². The molecule has 2 aliphatic rings. The highest BCUT2D eigenvalue weighted by molar-refractivity contribution is 7.99. The highest BCUT2D eigenvalue weighted by Gasteiger charge is 2.36. The van der Waals surface area contributed by atoms with Crippen LogP contribution in [0.2, 0.25) is 0 Å². The highest BCUT2D eigenvalue weighted by atomic mass is 32.2. The van der Waals surface area contributed by atoms with Gasteiger partial charge in [0.05, 0.1) is 0 Å². The smallest absolute Gasteiger partial charge is 0.0121 e. The Labute approximate surface area is 105 Å². The minimum Gasteiger partial charge on any atom is -0.311 e. The van der Waals surface area contributed by atoms with Gasteiger partial charge < -0.3 is 5.32 Å². The molecule has 3 unspecified atom stereocenters. The third-order valence-electron chi connectivity index (χ3n) is 4.65. The molecule has 2 rings (SSSR count). The standard InChI is InChI=1S/C14H27NS/c1-14(2)9-5-8-13(14)15-11-6-4-7-12(10-11)16-3/h11-13,15H,4-10H2,1-3H3. The molecule has 94 valence electrons. The van der Waals surface area contributed by atoms with Crippen LogP contribution < -0.4 is 5.32 Å². The van der Waals surface area contributed by atoms with Crippen molar-refractivity contribution in [1.29, 1.82) is 0 Å². The topological polar surface area (TPSA) is 12.0 Å². The summed E-state index contributed by atoms with van der Waals surface area (Å²) in [6.07, 6.45) is 12.2. The van der Waals surface area contributed by atoms with E-state index in [1.54, 1.807) is 0 Å². The van der Waals surface area contributed by atoms with Gasteiger partial charge in [-0.05, 0) is 43.8 Å². The number of hydrogen-bond acceptors (Lipinski definition) is 2. The van der Waals surface area contributed by atoms with Gasteiger partial charge in [-0.2, -0.15) is 11.8 Å². The van der Waals surface area contributed by atoms with Crippen LogP contribution in [0.25, 0.3) is 0 Å². The molecule has 0 amide bonds. The Hall–Kier alpha value is 0.310. The second kappa shape index (κ2) is 5.30. The molecule has 0 radical (unpaired) electrons. The van der Waals surface area contributed by atoms with Crippen molar-refractivity contribution in [3.05, 3.63) is 0 Å². The fraction of sp³-hybridized carbons (Fsp3) is 1.00. The van der Waals surface area contributed by atoms with Crippen LogP contribution in [0.4, 0.5) is 0 Å². The maximum Gasteiger partial charge on any atom is 0.0121 e. The molecule has 0 aromatic rings. The summed E-state index contributed by atoms with van der Waals surface area (Å²) in [6, 6.07) is 1.58. The normalized spacial score (nSPS) is 38.8. The summed E-state index contributed by atoms with van der Waals surface area (Å²) in [5.41, 5.74) is 0.534. The van der Waals surface area contributed by atoms with E-state index in [9.17, 15) is 0 Å². The van der Waals surface area contributed by atoms with Gasteiger partial charge in [0.1, 0.15) is 0 Å². The molecule has 0 aromatic heterocycles. The van der Waals surface area contributed by atoms with Gasteiger partial charge in [-0.3, -0.25) is 0 Å². The molecule has 0 bridgehead atoms. The Balaban J connectivity index is 1.84. The summed E-state index contributed by atoms with van der Waals surface area (Å²) in [5, 5.41) is 4.87. The van der Waals surface area contributed by atoms with E-state index in [4.69, 9.17) is 0 Å². The molecule has 2 heteroatoms. The van der Waals surface area contributed by atoms with E-state index in [1.165, 1.54) is 44.9 Å². The van der Waals surface area contributed by atoms with Crippen LogP contribution in [-0.2, 0) is 0 Å². The van der Waals surface area contributed by atoms with Gasteiger partial charge in [0.2, 0.25) is 0 Å². The lowest BCUT2D eigenvalue weighted by atomic mass is 9.85. The van der Waals surface area contributed by atoms with Gasteiger partial charge >= 0.3 is 0 Å². The number of thioether (sulfide) groups is 1. The summed E-state index contributed by atoms with van der Waals surface area (Å²) in [4.78, 5) is 0. The maximum absolute atomic E-state index is 3.96. The van der Waals surface area contributed by atoms with Crippen LogP contribution in [0.15, 0.2) is 0 Å². The Morgan fingerprint density at radius 2 is 1.94 bits per heavy atom. The van der Waals surface area contributed by atoms with Crippen molar-refractivity contribution in [2.24, 2.45) is 5.41 Å². The lowest BCUT2D eigenvalue weighted by Crippen LogP contribution is -2.46. The molecule has 0 aromatic carbocycles. The Bertz CT molecular complexity index is 227. The van der Waals surface area contributed by atoms with Crippen molar-refractivity contribution < 1.29 is 0 Å². The van der Waals surface area contributed by atoms with Gasteiger partial charge in [-0.25, -0.2) is 0 Å². The van der Waals surface area contributed by atoms with Crippen LogP contribution in [-0.4, -0.2) is 23.6 Å². The Morgan fingerprint density at radius 3 is 2.56 bits per heavy atom. The molecule has 0 aliphatic heterocycles. The molecule has 3 atom stereocenters. The van der Waals surface area contributed by atoms with Crippen molar-refractivity contribution in [3.8, 4) is 0 Å². The second-order valence-corrected chi connectivity index (χ2v) is 7.46. The molecule has 1 nitrogen and oxygen atoms in total. The van der Waals surface area contributed by atoms with E-state index in [2.05, 4.69) is 37.2 Å². The Morgan fingerprint density at radius 1 is 1.12 bits per heavy atom. The quantitative estimate of drug-likeness (QED) is 0.806. The molecule has 2 saturated carbocycles. The average Bonchev–Trinajstić information content (AvgIpc) is 2.59. The molecule has 16 heavy (non-hydrogen) atoms. The highest BCUT2D eigenvalue weighted by Crippen LogP contribution is 2.38. The summed E-state index contributed by atoms with van der Waals surface area (Å²) in [7, 11) is 0. The SMILES string of the molecule is CSC1CCCC(NC2CCCC2(C)C)C1. The third-order valence-corrected chi connectivity index (χ3v) is 5.75. The zero-order valence-electron chi connectivity index (χ0n) is 11.1. The molecule has 2 fully saturated rings. The van der Waals surface area contributed by atoms with E-state index >= 15 is 0 Å². The monoisotopic (exact) mass is 241 g/mol. The lowest BCUT2D eigenvalue weighted by molar-refractivity contribution is 0.239. The average molecular weight is 241 g/mol. The lowest BCUT2D eigenvalue weighted by Gasteiger charge is -2.35. The molecular formula is C14H27NS. The minimum atomic E-state index is 0.534.